The Morgan fingerprint density at radius 3 is 2.53 bits per heavy atom. The predicted octanol–water partition coefficient (Wildman–Crippen LogP) is 5.23. The van der Waals surface area contributed by atoms with Gasteiger partial charge in [0, 0.05) is 46.0 Å². The topological polar surface area (TPSA) is 83.1 Å². The van der Waals surface area contributed by atoms with E-state index >= 15 is 0 Å². The van der Waals surface area contributed by atoms with Crippen LogP contribution in [0.4, 0.5) is 0 Å². The van der Waals surface area contributed by atoms with Gasteiger partial charge in [-0.05, 0) is 36.4 Å². The minimum absolute atomic E-state index is 0.834. The lowest BCUT2D eigenvalue weighted by Crippen LogP contribution is -1.84. The van der Waals surface area contributed by atoms with Crippen LogP contribution in [0.1, 0.15) is 0 Å². The number of aromatic amines is 2. The van der Waals surface area contributed by atoms with Crippen molar-refractivity contribution in [1.29, 1.82) is 0 Å². The number of rotatable bonds is 3. The molecule has 142 valence electrons. The van der Waals surface area contributed by atoms with Crippen LogP contribution in [0.5, 0.6) is 0 Å². The summed E-state index contributed by atoms with van der Waals surface area (Å²) in [5, 5.41) is 9.88. The van der Waals surface area contributed by atoms with E-state index in [0.29, 0.717) is 0 Å². The summed E-state index contributed by atoms with van der Waals surface area (Å²) in [6.07, 6.45) is 6.96. The third-order valence-corrected chi connectivity index (χ3v) is 5.28. The van der Waals surface area contributed by atoms with Crippen LogP contribution in [-0.2, 0) is 0 Å². The molecule has 0 saturated heterocycles. The minimum Gasteiger partial charge on any atom is -0.353 e. The second-order valence-electron chi connectivity index (χ2n) is 7.09. The average molecular weight is 388 g/mol. The van der Waals surface area contributed by atoms with Crippen molar-refractivity contribution in [3.05, 3.63) is 85.5 Å². The largest absolute Gasteiger partial charge is 0.353 e. The molecule has 0 atom stereocenters. The molecule has 0 spiro atoms. The Kier molecular flexibility index (Phi) is 3.67. The standard InChI is InChI=1S/C24H16N6/c1-2-9-26-19(5-1)16-4-3-6-20-17(16)13-22(28-20)24-18-12-15(7-8-21(18)29-30-24)23-14-25-10-11-27-23/h1-14,28H,(H,29,30). The minimum atomic E-state index is 0.834. The van der Waals surface area contributed by atoms with Crippen molar-refractivity contribution in [3.8, 4) is 33.9 Å². The highest BCUT2D eigenvalue weighted by molar-refractivity contribution is 6.01. The van der Waals surface area contributed by atoms with Crippen LogP contribution in [0.3, 0.4) is 0 Å². The first kappa shape index (κ1) is 16.6. The molecule has 0 amide bonds. The molecule has 0 aliphatic heterocycles. The maximum atomic E-state index is 4.59. The summed E-state index contributed by atoms with van der Waals surface area (Å²) in [6.45, 7) is 0. The molecule has 6 aromatic rings. The molecule has 0 saturated carbocycles. The number of nitrogens with zero attached hydrogens (tertiary/aromatic N) is 4. The third kappa shape index (κ3) is 2.66. The van der Waals surface area contributed by atoms with Gasteiger partial charge in [0.1, 0.15) is 5.69 Å². The number of H-pyrrole nitrogens is 2. The van der Waals surface area contributed by atoms with Gasteiger partial charge >= 0.3 is 0 Å². The van der Waals surface area contributed by atoms with Crippen molar-refractivity contribution in [2.45, 2.75) is 0 Å². The van der Waals surface area contributed by atoms with Crippen molar-refractivity contribution in [2.24, 2.45) is 0 Å². The molecule has 0 aliphatic carbocycles. The molecule has 4 aromatic heterocycles. The Morgan fingerprint density at radius 1 is 0.700 bits per heavy atom. The van der Waals surface area contributed by atoms with Gasteiger partial charge in [-0.1, -0.05) is 24.3 Å². The lowest BCUT2D eigenvalue weighted by molar-refractivity contribution is 1.12. The normalized spacial score (nSPS) is 11.3. The SMILES string of the molecule is c1ccc(-c2cccc3[nH]c(-c4n[nH]c5ccc(-c6cnccn6)cc45)cc23)nc1. The molecule has 0 fully saturated rings. The molecule has 30 heavy (non-hydrogen) atoms. The van der Waals surface area contributed by atoms with E-state index in [2.05, 4.69) is 54.4 Å². The van der Waals surface area contributed by atoms with Gasteiger partial charge < -0.3 is 4.98 Å². The van der Waals surface area contributed by atoms with E-state index < -0.39 is 0 Å². The summed E-state index contributed by atoms with van der Waals surface area (Å²) in [7, 11) is 0. The molecule has 6 heteroatoms. The van der Waals surface area contributed by atoms with Gasteiger partial charge in [-0.15, -0.1) is 0 Å². The summed E-state index contributed by atoms with van der Waals surface area (Å²) in [6, 6.07) is 20.5. The van der Waals surface area contributed by atoms with Gasteiger partial charge in [0.05, 0.1) is 28.8 Å². The third-order valence-electron chi connectivity index (χ3n) is 5.28. The van der Waals surface area contributed by atoms with Gasteiger partial charge in [-0.25, -0.2) is 0 Å². The van der Waals surface area contributed by atoms with E-state index in [1.165, 1.54) is 0 Å². The van der Waals surface area contributed by atoms with Crippen LogP contribution in [0.25, 0.3) is 55.7 Å². The van der Waals surface area contributed by atoms with Crippen molar-refractivity contribution in [2.75, 3.05) is 0 Å². The van der Waals surface area contributed by atoms with Crippen molar-refractivity contribution >= 4 is 21.8 Å². The fourth-order valence-corrected chi connectivity index (χ4v) is 3.86. The zero-order chi connectivity index (χ0) is 19.9. The second-order valence-corrected chi connectivity index (χ2v) is 7.09. The smallest absolute Gasteiger partial charge is 0.116 e. The molecular weight excluding hydrogens is 372 g/mol. The molecule has 4 heterocycles. The van der Waals surface area contributed by atoms with Crippen molar-refractivity contribution in [3.63, 3.8) is 0 Å². The molecule has 6 nitrogen and oxygen atoms in total. The zero-order valence-corrected chi connectivity index (χ0v) is 15.9. The van der Waals surface area contributed by atoms with E-state index in [9.17, 15) is 0 Å². The number of fused-ring (bicyclic) bond motifs is 2. The molecule has 6 rings (SSSR count). The van der Waals surface area contributed by atoms with Crippen LogP contribution >= 0.6 is 0 Å². The van der Waals surface area contributed by atoms with Crippen LogP contribution in [0.15, 0.2) is 85.5 Å². The van der Waals surface area contributed by atoms with Crippen LogP contribution in [0.2, 0.25) is 0 Å². The maximum absolute atomic E-state index is 4.59. The lowest BCUT2D eigenvalue weighted by atomic mass is 10.0. The Balaban J connectivity index is 1.52. The number of hydrogen-bond acceptors (Lipinski definition) is 4. The summed E-state index contributed by atoms with van der Waals surface area (Å²) in [5.74, 6) is 0. The van der Waals surface area contributed by atoms with E-state index in [-0.39, 0.29) is 0 Å². The van der Waals surface area contributed by atoms with E-state index in [1.807, 2.05) is 42.6 Å². The summed E-state index contributed by atoms with van der Waals surface area (Å²) in [5.41, 5.74) is 7.73. The summed E-state index contributed by atoms with van der Waals surface area (Å²) >= 11 is 0. The molecule has 0 bridgehead atoms. The van der Waals surface area contributed by atoms with Crippen LogP contribution in [-0.4, -0.2) is 30.1 Å². The highest BCUT2D eigenvalue weighted by Gasteiger charge is 2.14. The first-order chi connectivity index (χ1) is 14.9. The van der Waals surface area contributed by atoms with Gasteiger partial charge in [-0.2, -0.15) is 5.10 Å². The number of benzene rings is 2. The fraction of sp³-hybridized carbons (Fsp3) is 0. The number of nitrogens with one attached hydrogen (secondary N) is 2. The highest BCUT2D eigenvalue weighted by atomic mass is 15.1. The zero-order valence-electron chi connectivity index (χ0n) is 15.9. The number of aromatic nitrogens is 6. The average Bonchev–Trinajstić information content (AvgIpc) is 3.43. The van der Waals surface area contributed by atoms with Crippen molar-refractivity contribution in [1.82, 2.24) is 30.1 Å². The first-order valence-electron chi connectivity index (χ1n) is 9.65. The fourth-order valence-electron chi connectivity index (χ4n) is 3.86. The molecule has 2 N–H and O–H groups in total. The number of pyridine rings is 1. The van der Waals surface area contributed by atoms with Gasteiger partial charge in [0.2, 0.25) is 0 Å². The molecule has 2 aromatic carbocycles. The molecule has 0 aliphatic rings. The predicted molar refractivity (Wildman–Crippen MR) is 118 cm³/mol. The van der Waals surface area contributed by atoms with Crippen LogP contribution < -0.4 is 0 Å². The van der Waals surface area contributed by atoms with Gasteiger partial charge in [0.15, 0.2) is 0 Å². The van der Waals surface area contributed by atoms with Gasteiger partial charge in [0.25, 0.3) is 0 Å². The van der Waals surface area contributed by atoms with E-state index in [1.54, 1.807) is 18.6 Å². The van der Waals surface area contributed by atoms with Crippen molar-refractivity contribution < 1.29 is 0 Å². The highest BCUT2D eigenvalue weighted by Crippen LogP contribution is 2.34. The quantitative estimate of drug-likeness (QED) is 0.435. The number of hydrogen-bond donors (Lipinski definition) is 2. The van der Waals surface area contributed by atoms with E-state index in [4.69, 9.17) is 0 Å². The lowest BCUT2D eigenvalue weighted by Gasteiger charge is -2.01. The molecule has 0 unspecified atom stereocenters. The Hall–Kier alpha value is -4.32. The maximum Gasteiger partial charge on any atom is 0.116 e. The molecule has 0 radical (unpaired) electrons. The Morgan fingerprint density at radius 2 is 1.67 bits per heavy atom. The Labute approximate surface area is 171 Å². The summed E-state index contributed by atoms with van der Waals surface area (Å²) in [4.78, 5) is 16.6. The Bertz CT molecular complexity index is 1480. The van der Waals surface area contributed by atoms with Crippen LogP contribution in [0, 0.1) is 0 Å². The molecular formula is C24H16N6. The van der Waals surface area contributed by atoms with Gasteiger partial charge in [-0.3, -0.25) is 20.1 Å². The second kappa shape index (κ2) is 6.63. The van der Waals surface area contributed by atoms with E-state index in [0.717, 1.165) is 55.7 Å². The monoisotopic (exact) mass is 388 g/mol. The first-order valence-corrected chi connectivity index (χ1v) is 9.65. The summed E-state index contributed by atoms with van der Waals surface area (Å²) < 4.78 is 0.